The molecule has 2 aliphatic heterocycles. The summed E-state index contributed by atoms with van der Waals surface area (Å²) in [6, 6.07) is 91.6. The van der Waals surface area contributed by atoms with Gasteiger partial charge in [-0.2, -0.15) is 0 Å². The van der Waals surface area contributed by atoms with Crippen LogP contribution < -0.4 is 26.2 Å². The van der Waals surface area contributed by atoms with E-state index in [1.807, 2.05) is 0 Å². The summed E-state index contributed by atoms with van der Waals surface area (Å²) in [5.74, 6) is 0.513. The fraction of sp³-hybridized carbons (Fsp3) is 0.104. The van der Waals surface area contributed by atoms with Gasteiger partial charge in [0.1, 0.15) is 0 Å². The summed E-state index contributed by atoms with van der Waals surface area (Å²) in [7, 11) is 0. The van der Waals surface area contributed by atoms with Crippen LogP contribution in [0.2, 0.25) is 0 Å². The minimum Gasteiger partial charge on any atom is -0.311 e. The van der Waals surface area contributed by atoms with E-state index in [2.05, 4.69) is 252 Å². The summed E-state index contributed by atoms with van der Waals surface area (Å²) >= 11 is 0. The molecule has 4 aliphatic rings. The molecular weight excluding hydrogens is 844 g/mol. The Kier molecular flexibility index (Phi) is 9.66. The molecule has 3 heteroatoms. The summed E-state index contributed by atoms with van der Waals surface area (Å²) in [6.07, 6.45) is 6.33. The smallest absolute Gasteiger partial charge is 0.252 e. The number of hydrogen-bond acceptors (Lipinski definition) is 2. The Labute approximate surface area is 412 Å². The van der Waals surface area contributed by atoms with Gasteiger partial charge in [0, 0.05) is 34.1 Å². The van der Waals surface area contributed by atoms with E-state index in [9.17, 15) is 0 Å². The normalized spacial score (nSPS) is 15.1. The molecule has 70 heavy (non-hydrogen) atoms. The minimum absolute atomic E-state index is 0.0209. The van der Waals surface area contributed by atoms with Gasteiger partial charge in [-0.25, -0.2) is 0 Å². The van der Waals surface area contributed by atoms with Crippen molar-refractivity contribution in [2.75, 3.05) is 9.80 Å². The molecule has 10 aromatic rings. The molecule has 0 unspecified atom stereocenters. The van der Waals surface area contributed by atoms with Gasteiger partial charge in [-0.1, -0.05) is 207 Å². The van der Waals surface area contributed by atoms with Gasteiger partial charge in [-0.15, -0.1) is 0 Å². The van der Waals surface area contributed by atoms with Crippen LogP contribution in [0.3, 0.4) is 0 Å². The lowest BCUT2D eigenvalue weighted by atomic mass is 9.33. The maximum atomic E-state index is 2.61. The summed E-state index contributed by atoms with van der Waals surface area (Å²) in [5, 5.41) is 0. The quantitative estimate of drug-likeness (QED) is 0.147. The number of rotatable bonds is 7. The fourth-order valence-corrected chi connectivity index (χ4v) is 13.0. The molecule has 0 radical (unpaired) electrons. The summed E-state index contributed by atoms with van der Waals surface area (Å²) in [5.41, 5.74) is 25.1. The first kappa shape index (κ1) is 40.9. The van der Waals surface area contributed by atoms with Crippen molar-refractivity contribution in [2.24, 2.45) is 0 Å². The van der Waals surface area contributed by atoms with Crippen LogP contribution >= 0.6 is 0 Å². The third-order valence-corrected chi connectivity index (χ3v) is 16.1. The van der Waals surface area contributed by atoms with Gasteiger partial charge in [0.2, 0.25) is 0 Å². The predicted molar refractivity (Wildman–Crippen MR) is 294 cm³/mol. The van der Waals surface area contributed by atoms with E-state index in [-0.39, 0.29) is 6.71 Å². The highest BCUT2D eigenvalue weighted by Gasteiger charge is 2.47. The molecule has 2 nitrogen and oxygen atoms in total. The van der Waals surface area contributed by atoms with Crippen molar-refractivity contribution in [3.05, 3.63) is 270 Å². The van der Waals surface area contributed by atoms with Crippen molar-refractivity contribution in [1.82, 2.24) is 0 Å². The second kappa shape index (κ2) is 16.5. The van der Waals surface area contributed by atoms with Gasteiger partial charge in [0.05, 0.1) is 5.41 Å². The Morgan fingerprint density at radius 1 is 0.357 bits per heavy atom. The van der Waals surface area contributed by atoms with Crippen molar-refractivity contribution < 1.29 is 0 Å². The van der Waals surface area contributed by atoms with E-state index in [0.29, 0.717) is 5.92 Å². The Hall–Kier alpha value is -8.14. The average molecular weight is 895 g/mol. The molecule has 1 saturated carbocycles. The Bertz CT molecular complexity index is 3550. The van der Waals surface area contributed by atoms with Gasteiger partial charge in [0.15, 0.2) is 0 Å². The second-order valence-corrected chi connectivity index (χ2v) is 19.8. The fourth-order valence-electron chi connectivity index (χ4n) is 13.0. The van der Waals surface area contributed by atoms with Gasteiger partial charge < -0.3 is 9.80 Å². The van der Waals surface area contributed by atoms with Crippen LogP contribution in [0.25, 0.3) is 33.4 Å². The molecule has 0 saturated heterocycles. The van der Waals surface area contributed by atoms with Crippen molar-refractivity contribution in [3.8, 4) is 33.4 Å². The monoisotopic (exact) mass is 894 g/mol. The first-order valence-electron chi connectivity index (χ1n) is 25.3. The standard InChI is InChI=1S/C67H51BN2/c1-7-21-46(22-8-1)49-36-39-60-62(42-49)69(54-29-15-5-16-30-54)64-44-51(47-23-9-2-10-24-47)45-65-66(64)68(60)61-40-37-50(43-63(61)70(65)55-31-17-6-18-32-55)48-35-38-57-56-33-19-20-34-58(56)67(59(57)41-48,52-25-11-3-12-26-52)53-27-13-4-14-28-53/h1,3-8,11-22,25-45,47H,2,9-10,23-24H2. The molecule has 0 amide bonds. The molecule has 10 aromatic carbocycles. The lowest BCUT2D eigenvalue weighted by molar-refractivity contribution is 0.444. The SMILES string of the molecule is c1ccc(-c2ccc3c(c2)N(c2ccccc2)c2cc(C4CCCCC4)cc4c2B3c2ccc(-c3ccc5c(c3)C(c3ccccc3)(c3ccccc3)c3ccccc3-5)cc2N4c2ccccc2)cc1. The third-order valence-electron chi connectivity index (χ3n) is 16.1. The molecule has 0 atom stereocenters. The van der Waals surface area contributed by atoms with Crippen LogP contribution in [-0.4, -0.2) is 6.71 Å². The molecular formula is C67H51BN2. The Morgan fingerprint density at radius 2 is 0.814 bits per heavy atom. The highest BCUT2D eigenvalue weighted by atomic mass is 15.2. The highest BCUT2D eigenvalue weighted by Crippen LogP contribution is 2.57. The molecule has 332 valence electrons. The average Bonchev–Trinajstić information content (AvgIpc) is 3.74. The predicted octanol–water partition coefficient (Wildman–Crippen LogP) is 15.5. The Morgan fingerprint density at radius 3 is 1.39 bits per heavy atom. The van der Waals surface area contributed by atoms with Gasteiger partial charge >= 0.3 is 0 Å². The van der Waals surface area contributed by atoms with Gasteiger partial charge in [0.25, 0.3) is 6.71 Å². The molecule has 0 N–H and O–H groups in total. The van der Waals surface area contributed by atoms with E-state index in [1.54, 1.807) is 0 Å². The lowest BCUT2D eigenvalue weighted by Gasteiger charge is -2.45. The molecule has 14 rings (SSSR count). The summed E-state index contributed by atoms with van der Waals surface area (Å²) in [6.45, 7) is 0.0209. The second-order valence-electron chi connectivity index (χ2n) is 19.8. The van der Waals surface area contributed by atoms with E-state index < -0.39 is 5.41 Å². The number of benzene rings is 10. The molecule has 2 aliphatic carbocycles. The largest absolute Gasteiger partial charge is 0.311 e. The van der Waals surface area contributed by atoms with Crippen molar-refractivity contribution in [3.63, 3.8) is 0 Å². The van der Waals surface area contributed by atoms with Crippen LogP contribution in [0.5, 0.6) is 0 Å². The van der Waals surface area contributed by atoms with Crippen LogP contribution in [0.1, 0.15) is 65.8 Å². The van der Waals surface area contributed by atoms with E-state index in [4.69, 9.17) is 0 Å². The molecule has 0 spiro atoms. The summed E-state index contributed by atoms with van der Waals surface area (Å²) in [4.78, 5) is 5.19. The number of fused-ring (bicyclic) bond motifs is 7. The highest BCUT2D eigenvalue weighted by molar-refractivity contribution is 7.00. The maximum Gasteiger partial charge on any atom is 0.252 e. The Balaban J connectivity index is 1.02. The van der Waals surface area contributed by atoms with E-state index in [0.717, 1.165) is 0 Å². The van der Waals surface area contributed by atoms with Crippen molar-refractivity contribution >= 4 is 57.2 Å². The van der Waals surface area contributed by atoms with Crippen molar-refractivity contribution in [2.45, 2.75) is 43.4 Å². The summed E-state index contributed by atoms with van der Waals surface area (Å²) < 4.78 is 0. The zero-order valence-corrected chi connectivity index (χ0v) is 39.2. The third kappa shape index (κ3) is 6.27. The molecule has 2 heterocycles. The van der Waals surface area contributed by atoms with E-state index in [1.165, 1.54) is 144 Å². The number of hydrogen-bond donors (Lipinski definition) is 0. The molecule has 0 aromatic heterocycles. The minimum atomic E-state index is -0.478. The lowest BCUT2D eigenvalue weighted by Crippen LogP contribution is -2.61. The van der Waals surface area contributed by atoms with Crippen LogP contribution in [0.15, 0.2) is 243 Å². The number of para-hydroxylation sites is 2. The maximum absolute atomic E-state index is 2.61. The van der Waals surface area contributed by atoms with Crippen molar-refractivity contribution in [1.29, 1.82) is 0 Å². The molecule has 1 fully saturated rings. The van der Waals surface area contributed by atoms with Crippen LogP contribution in [-0.2, 0) is 5.41 Å². The number of anilines is 6. The zero-order valence-electron chi connectivity index (χ0n) is 39.2. The zero-order chi connectivity index (χ0) is 46.2. The molecule has 0 bridgehead atoms. The van der Waals surface area contributed by atoms with Gasteiger partial charge in [-0.3, -0.25) is 0 Å². The first-order valence-corrected chi connectivity index (χ1v) is 25.3. The number of nitrogens with zero attached hydrogens (tertiary/aromatic N) is 2. The van der Waals surface area contributed by atoms with Gasteiger partial charge in [-0.05, 0) is 151 Å². The topological polar surface area (TPSA) is 6.48 Å². The van der Waals surface area contributed by atoms with E-state index >= 15 is 0 Å². The first-order chi connectivity index (χ1) is 34.7. The van der Waals surface area contributed by atoms with Crippen LogP contribution in [0, 0.1) is 0 Å². The van der Waals surface area contributed by atoms with Crippen LogP contribution in [0.4, 0.5) is 34.1 Å².